The number of nitrogens with zero attached hydrogens (tertiary/aromatic N) is 1. The van der Waals surface area contributed by atoms with Crippen LogP contribution in [0.2, 0.25) is 0 Å². The second kappa shape index (κ2) is 7.79. The summed E-state index contributed by atoms with van der Waals surface area (Å²) in [4.78, 5) is 2.19. The van der Waals surface area contributed by atoms with Gasteiger partial charge in [-0.25, -0.2) is 4.39 Å². The highest BCUT2D eigenvalue weighted by molar-refractivity contribution is 5.43. The van der Waals surface area contributed by atoms with E-state index in [1.807, 2.05) is 6.08 Å². The molecule has 1 saturated heterocycles. The van der Waals surface area contributed by atoms with Gasteiger partial charge in [0.15, 0.2) is 11.5 Å². The molecule has 1 aliphatic rings. The average Bonchev–Trinajstić information content (AvgIpc) is 2.57. The largest absolute Gasteiger partial charge is 0.493 e. The maximum atomic E-state index is 14.3. The van der Waals surface area contributed by atoms with Gasteiger partial charge < -0.3 is 14.6 Å². The van der Waals surface area contributed by atoms with Crippen LogP contribution < -0.4 is 9.47 Å². The number of rotatable bonds is 7. The molecule has 4 nitrogen and oxygen atoms in total. The molecule has 1 aliphatic heterocycles. The second-order valence-corrected chi connectivity index (χ2v) is 6.26. The molecule has 5 heteroatoms. The smallest absolute Gasteiger partial charge is 0.163 e. The number of aliphatic hydroxyl groups is 1. The van der Waals surface area contributed by atoms with Gasteiger partial charge in [-0.2, -0.15) is 0 Å². The van der Waals surface area contributed by atoms with Crippen molar-refractivity contribution in [1.82, 2.24) is 4.90 Å². The summed E-state index contributed by atoms with van der Waals surface area (Å²) in [5.74, 6) is 0.621. The number of methoxy groups -OCH3 is 2. The van der Waals surface area contributed by atoms with Crippen molar-refractivity contribution in [3.63, 3.8) is 0 Å². The highest BCUT2D eigenvalue weighted by Crippen LogP contribution is 2.35. The minimum Gasteiger partial charge on any atom is -0.493 e. The van der Waals surface area contributed by atoms with Gasteiger partial charge >= 0.3 is 0 Å². The first-order chi connectivity index (χ1) is 11.1. The van der Waals surface area contributed by atoms with E-state index in [4.69, 9.17) is 9.47 Å². The zero-order chi connectivity index (χ0) is 16.9. The Morgan fingerprint density at radius 2 is 2.04 bits per heavy atom. The Labute approximate surface area is 137 Å². The molecule has 1 heterocycles. The molecule has 1 fully saturated rings. The minimum atomic E-state index is -0.299. The topological polar surface area (TPSA) is 41.9 Å². The van der Waals surface area contributed by atoms with Crippen LogP contribution in [0.5, 0.6) is 11.5 Å². The Balaban J connectivity index is 2.16. The van der Waals surface area contributed by atoms with E-state index < -0.39 is 0 Å². The van der Waals surface area contributed by atoms with Crippen molar-refractivity contribution in [3.8, 4) is 11.5 Å². The molecule has 0 radical (unpaired) electrons. The standard InChI is InChI=1S/C18H26FNO3/c1-4-6-18(13-21)7-5-8-20(12-18)11-14-9-16(22-2)17(23-3)10-15(14)19/h4,9-10,21H,1,5-8,11-13H2,2-3H3/t18-/m0/s1. The molecule has 2 rings (SSSR count). The quantitative estimate of drug-likeness (QED) is 0.783. The Hall–Kier alpha value is -1.59. The fraction of sp³-hybridized carbons (Fsp3) is 0.556. The summed E-state index contributed by atoms with van der Waals surface area (Å²) in [5, 5.41) is 9.78. The number of likely N-dealkylation sites (tertiary alicyclic amines) is 1. The van der Waals surface area contributed by atoms with Crippen LogP contribution >= 0.6 is 0 Å². The van der Waals surface area contributed by atoms with Gasteiger partial charge in [0.2, 0.25) is 0 Å². The van der Waals surface area contributed by atoms with Crippen LogP contribution in [0.15, 0.2) is 24.8 Å². The van der Waals surface area contributed by atoms with Gasteiger partial charge in [0.25, 0.3) is 0 Å². The summed E-state index contributed by atoms with van der Waals surface area (Å²) in [5.41, 5.74) is 0.419. The van der Waals surface area contributed by atoms with Crippen molar-refractivity contribution in [2.24, 2.45) is 5.41 Å². The van der Waals surface area contributed by atoms with Crippen molar-refractivity contribution >= 4 is 0 Å². The monoisotopic (exact) mass is 323 g/mol. The predicted octanol–water partition coefficient (Wildman–Crippen LogP) is 2.99. The summed E-state index contributed by atoms with van der Waals surface area (Å²) in [6.45, 7) is 6.05. The van der Waals surface area contributed by atoms with Crippen LogP contribution in [0.1, 0.15) is 24.8 Å². The van der Waals surface area contributed by atoms with Crippen LogP contribution in [-0.2, 0) is 6.54 Å². The molecule has 1 aromatic rings. The fourth-order valence-electron chi connectivity index (χ4n) is 3.37. The summed E-state index contributed by atoms with van der Waals surface area (Å²) in [6.07, 6.45) is 4.59. The van der Waals surface area contributed by atoms with Crippen molar-refractivity contribution in [3.05, 3.63) is 36.2 Å². The van der Waals surface area contributed by atoms with E-state index in [1.54, 1.807) is 13.2 Å². The van der Waals surface area contributed by atoms with Crippen LogP contribution in [0.25, 0.3) is 0 Å². The van der Waals surface area contributed by atoms with Gasteiger partial charge in [-0.1, -0.05) is 6.08 Å². The normalized spacial score (nSPS) is 21.9. The maximum absolute atomic E-state index is 14.3. The first-order valence-corrected chi connectivity index (χ1v) is 7.92. The number of piperidine rings is 1. The number of hydrogen-bond acceptors (Lipinski definition) is 4. The number of allylic oxidation sites excluding steroid dienone is 1. The predicted molar refractivity (Wildman–Crippen MR) is 88.3 cm³/mol. The molecular weight excluding hydrogens is 297 g/mol. The summed E-state index contributed by atoms with van der Waals surface area (Å²) in [7, 11) is 3.04. The Morgan fingerprint density at radius 1 is 1.35 bits per heavy atom. The number of aliphatic hydroxyl groups excluding tert-OH is 1. The van der Waals surface area contributed by atoms with E-state index >= 15 is 0 Å². The van der Waals surface area contributed by atoms with Crippen LogP contribution in [0.4, 0.5) is 4.39 Å². The number of hydrogen-bond donors (Lipinski definition) is 1. The molecular formula is C18H26FNO3. The lowest BCUT2D eigenvalue weighted by Crippen LogP contribution is -2.44. The molecule has 0 amide bonds. The molecule has 1 aromatic carbocycles. The Bertz CT molecular complexity index is 549. The third-order valence-electron chi connectivity index (χ3n) is 4.60. The number of halogens is 1. The van der Waals surface area contributed by atoms with Crippen LogP contribution in [0.3, 0.4) is 0 Å². The van der Waals surface area contributed by atoms with Crippen molar-refractivity contribution in [1.29, 1.82) is 0 Å². The highest BCUT2D eigenvalue weighted by Gasteiger charge is 2.34. The molecule has 0 aliphatic carbocycles. The van der Waals surface area contributed by atoms with E-state index in [0.717, 1.165) is 32.4 Å². The van der Waals surface area contributed by atoms with Gasteiger partial charge in [-0.15, -0.1) is 6.58 Å². The Kier molecular flexibility index (Phi) is 6.02. The first kappa shape index (κ1) is 17.8. The maximum Gasteiger partial charge on any atom is 0.163 e. The minimum absolute atomic E-state index is 0.129. The van der Waals surface area contributed by atoms with E-state index in [0.29, 0.717) is 23.6 Å². The van der Waals surface area contributed by atoms with E-state index in [9.17, 15) is 9.50 Å². The molecule has 1 N–H and O–H groups in total. The van der Waals surface area contributed by atoms with Gasteiger partial charge in [0, 0.05) is 30.1 Å². The van der Waals surface area contributed by atoms with Gasteiger partial charge in [0.05, 0.1) is 20.8 Å². The molecule has 128 valence electrons. The highest BCUT2D eigenvalue weighted by atomic mass is 19.1. The zero-order valence-electron chi connectivity index (χ0n) is 14.0. The third kappa shape index (κ3) is 4.03. The molecule has 0 unspecified atom stereocenters. The lowest BCUT2D eigenvalue weighted by atomic mass is 9.77. The third-order valence-corrected chi connectivity index (χ3v) is 4.60. The van der Waals surface area contributed by atoms with E-state index in [1.165, 1.54) is 13.2 Å². The van der Waals surface area contributed by atoms with Gasteiger partial charge in [0.1, 0.15) is 5.82 Å². The Morgan fingerprint density at radius 3 is 2.65 bits per heavy atom. The molecule has 0 saturated carbocycles. The van der Waals surface area contributed by atoms with Gasteiger partial charge in [-0.05, 0) is 31.9 Å². The molecule has 1 atom stereocenters. The average molecular weight is 323 g/mol. The molecule has 23 heavy (non-hydrogen) atoms. The van der Waals surface area contributed by atoms with Crippen molar-refractivity contribution in [2.45, 2.75) is 25.8 Å². The lowest BCUT2D eigenvalue weighted by molar-refractivity contribution is 0.0304. The van der Waals surface area contributed by atoms with Crippen molar-refractivity contribution < 1.29 is 19.0 Å². The molecule has 0 aromatic heterocycles. The fourth-order valence-corrected chi connectivity index (χ4v) is 3.37. The summed E-state index contributed by atoms with van der Waals surface area (Å²) in [6, 6.07) is 3.05. The second-order valence-electron chi connectivity index (χ2n) is 6.26. The zero-order valence-corrected chi connectivity index (χ0v) is 14.0. The first-order valence-electron chi connectivity index (χ1n) is 7.92. The number of ether oxygens (including phenoxy) is 2. The SMILES string of the molecule is C=CC[C@]1(CO)CCCN(Cc2cc(OC)c(OC)cc2F)C1. The van der Waals surface area contributed by atoms with E-state index in [2.05, 4.69) is 11.5 Å². The number of benzene rings is 1. The molecule has 0 spiro atoms. The lowest BCUT2D eigenvalue weighted by Gasteiger charge is -2.41. The van der Waals surface area contributed by atoms with E-state index in [-0.39, 0.29) is 17.8 Å². The van der Waals surface area contributed by atoms with Crippen LogP contribution in [0, 0.1) is 11.2 Å². The summed E-state index contributed by atoms with van der Waals surface area (Å²) >= 11 is 0. The van der Waals surface area contributed by atoms with Crippen molar-refractivity contribution in [2.75, 3.05) is 33.9 Å². The van der Waals surface area contributed by atoms with Crippen LogP contribution in [-0.4, -0.2) is 43.9 Å². The summed E-state index contributed by atoms with van der Waals surface area (Å²) < 4.78 is 24.7. The molecule has 0 bridgehead atoms. The van der Waals surface area contributed by atoms with Gasteiger partial charge in [-0.3, -0.25) is 4.90 Å².